The van der Waals surface area contributed by atoms with E-state index >= 15 is 0 Å². The molecule has 0 saturated heterocycles. The van der Waals surface area contributed by atoms with Gasteiger partial charge in [-0.05, 0) is 18.7 Å². The van der Waals surface area contributed by atoms with E-state index in [1.165, 1.54) is 16.8 Å². The lowest BCUT2D eigenvalue weighted by atomic mass is 10.3. The van der Waals surface area contributed by atoms with E-state index in [-0.39, 0.29) is 18.1 Å². The number of nitrogens with one attached hydrogen (secondary N) is 1. The molecule has 6 nitrogen and oxygen atoms in total. The number of nitrogens with zero attached hydrogens (tertiary/aromatic N) is 3. The number of para-hydroxylation sites is 1. The van der Waals surface area contributed by atoms with E-state index in [1.807, 2.05) is 0 Å². The van der Waals surface area contributed by atoms with Crippen LogP contribution in [0.1, 0.15) is 5.69 Å². The molecule has 19 heavy (non-hydrogen) atoms. The molecule has 1 heterocycles. The van der Waals surface area contributed by atoms with Crippen LogP contribution >= 0.6 is 0 Å². The Bertz CT molecular complexity index is 569. The van der Waals surface area contributed by atoms with Crippen LogP contribution in [0.25, 0.3) is 0 Å². The van der Waals surface area contributed by atoms with Gasteiger partial charge in [-0.15, -0.1) is 5.10 Å². The highest BCUT2D eigenvalue weighted by Crippen LogP contribution is 2.12. The van der Waals surface area contributed by atoms with Gasteiger partial charge >= 0.3 is 0 Å². The summed E-state index contributed by atoms with van der Waals surface area (Å²) in [7, 11) is 0. The Morgan fingerprint density at radius 1 is 1.42 bits per heavy atom. The Hall–Kier alpha value is -2.28. The summed E-state index contributed by atoms with van der Waals surface area (Å²) in [6.07, 6.45) is 2.25. The average Bonchev–Trinajstić information content (AvgIpc) is 2.80. The molecule has 2 rings (SSSR count). The number of hydrogen-bond donors (Lipinski definition) is 2. The molecule has 0 unspecified atom stereocenters. The predicted octanol–water partition coefficient (Wildman–Crippen LogP) is 0.557. The van der Waals surface area contributed by atoms with Gasteiger partial charge in [0, 0.05) is 12.6 Å². The summed E-state index contributed by atoms with van der Waals surface area (Å²) < 4.78 is 14.7. The molecule has 2 aromatic rings. The quantitative estimate of drug-likeness (QED) is 0.825. The number of nitrogens with two attached hydrogens (primary N) is 1. The largest absolute Gasteiger partial charge is 0.330 e. The molecule has 0 fully saturated rings. The third-order valence-electron chi connectivity index (χ3n) is 2.44. The monoisotopic (exact) mass is 263 g/mol. The van der Waals surface area contributed by atoms with E-state index in [1.54, 1.807) is 18.3 Å². The Morgan fingerprint density at radius 2 is 2.21 bits per heavy atom. The van der Waals surface area contributed by atoms with Crippen molar-refractivity contribution in [2.75, 3.05) is 11.9 Å². The smallest absolute Gasteiger partial charge is 0.246 e. The van der Waals surface area contributed by atoms with Gasteiger partial charge in [0.25, 0.3) is 0 Å². The molecule has 1 amide bonds. The first-order valence-corrected chi connectivity index (χ1v) is 5.82. The molecule has 0 spiro atoms. The van der Waals surface area contributed by atoms with Crippen molar-refractivity contribution >= 4 is 11.6 Å². The summed E-state index contributed by atoms with van der Waals surface area (Å²) in [6.45, 7) is 0.450. The van der Waals surface area contributed by atoms with Crippen molar-refractivity contribution in [2.45, 2.75) is 13.0 Å². The molecule has 1 aromatic heterocycles. The summed E-state index contributed by atoms with van der Waals surface area (Å²) in [5.41, 5.74) is 6.26. The molecular formula is C12H14FN5O. The summed E-state index contributed by atoms with van der Waals surface area (Å²) in [6, 6.07) is 5.98. The Balaban J connectivity index is 1.95. The van der Waals surface area contributed by atoms with Crippen LogP contribution in [0.15, 0.2) is 30.5 Å². The maximum Gasteiger partial charge on any atom is 0.246 e. The Morgan fingerprint density at radius 3 is 2.95 bits per heavy atom. The highest BCUT2D eigenvalue weighted by molar-refractivity contribution is 5.90. The van der Waals surface area contributed by atoms with Crippen LogP contribution in [0.3, 0.4) is 0 Å². The molecule has 1 aromatic carbocycles. The maximum atomic E-state index is 13.3. The zero-order valence-corrected chi connectivity index (χ0v) is 10.2. The van der Waals surface area contributed by atoms with Gasteiger partial charge in [-0.2, -0.15) is 0 Å². The number of aromatic nitrogens is 3. The van der Waals surface area contributed by atoms with Gasteiger partial charge in [-0.3, -0.25) is 4.79 Å². The third-order valence-corrected chi connectivity index (χ3v) is 2.44. The Kier molecular flexibility index (Phi) is 4.19. The van der Waals surface area contributed by atoms with Crippen molar-refractivity contribution in [1.29, 1.82) is 0 Å². The molecule has 0 aliphatic carbocycles. The van der Waals surface area contributed by atoms with Gasteiger partial charge in [0.1, 0.15) is 12.4 Å². The first kappa shape index (κ1) is 13.2. The van der Waals surface area contributed by atoms with E-state index in [0.29, 0.717) is 13.0 Å². The number of hydrogen-bond acceptors (Lipinski definition) is 4. The van der Waals surface area contributed by atoms with Crippen molar-refractivity contribution < 1.29 is 9.18 Å². The minimum Gasteiger partial charge on any atom is -0.330 e. The number of carbonyl (C=O) groups is 1. The fourth-order valence-corrected chi connectivity index (χ4v) is 1.58. The third kappa shape index (κ3) is 3.59. The molecule has 3 N–H and O–H groups in total. The zero-order valence-electron chi connectivity index (χ0n) is 10.2. The second-order valence-electron chi connectivity index (χ2n) is 3.97. The lowest BCUT2D eigenvalue weighted by Gasteiger charge is -2.05. The molecule has 7 heteroatoms. The lowest BCUT2D eigenvalue weighted by Crippen LogP contribution is -2.19. The molecule has 0 aliphatic rings. The minimum atomic E-state index is -0.474. The van der Waals surface area contributed by atoms with Crippen molar-refractivity contribution in [3.63, 3.8) is 0 Å². The van der Waals surface area contributed by atoms with Crippen LogP contribution in [0.2, 0.25) is 0 Å². The first-order valence-electron chi connectivity index (χ1n) is 5.82. The molecule has 0 radical (unpaired) electrons. The van der Waals surface area contributed by atoms with Crippen LogP contribution in [-0.2, 0) is 17.8 Å². The van der Waals surface area contributed by atoms with Gasteiger partial charge in [0.05, 0.1) is 11.4 Å². The van der Waals surface area contributed by atoms with Gasteiger partial charge in [0.15, 0.2) is 0 Å². The van der Waals surface area contributed by atoms with Crippen LogP contribution in [0.5, 0.6) is 0 Å². The Labute approximate surface area is 109 Å². The number of carbonyl (C=O) groups excluding carboxylic acids is 1. The zero-order chi connectivity index (χ0) is 13.7. The van der Waals surface area contributed by atoms with Crippen LogP contribution in [0, 0.1) is 5.82 Å². The van der Waals surface area contributed by atoms with E-state index < -0.39 is 5.82 Å². The molecule has 100 valence electrons. The van der Waals surface area contributed by atoms with Crippen molar-refractivity contribution in [2.24, 2.45) is 5.73 Å². The number of rotatable bonds is 5. The molecule has 0 aliphatic heterocycles. The van der Waals surface area contributed by atoms with Crippen LogP contribution in [0.4, 0.5) is 10.1 Å². The number of halogens is 1. The molecule has 0 atom stereocenters. The van der Waals surface area contributed by atoms with Gasteiger partial charge in [-0.1, -0.05) is 17.3 Å². The van der Waals surface area contributed by atoms with E-state index in [2.05, 4.69) is 15.6 Å². The summed E-state index contributed by atoms with van der Waals surface area (Å²) in [5, 5.41) is 10.1. The van der Waals surface area contributed by atoms with E-state index in [0.717, 1.165) is 5.69 Å². The van der Waals surface area contributed by atoms with Gasteiger partial charge < -0.3 is 11.1 Å². The highest BCUT2D eigenvalue weighted by atomic mass is 19.1. The topological polar surface area (TPSA) is 85.8 Å². The van der Waals surface area contributed by atoms with Crippen LogP contribution < -0.4 is 11.1 Å². The highest BCUT2D eigenvalue weighted by Gasteiger charge is 2.08. The van der Waals surface area contributed by atoms with Crippen molar-refractivity contribution in [1.82, 2.24) is 15.0 Å². The summed E-state index contributed by atoms with van der Waals surface area (Å²) >= 11 is 0. The van der Waals surface area contributed by atoms with Gasteiger partial charge in [-0.25, -0.2) is 9.07 Å². The molecule has 0 bridgehead atoms. The van der Waals surface area contributed by atoms with Crippen molar-refractivity contribution in [3.8, 4) is 0 Å². The second-order valence-corrected chi connectivity index (χ2v) is 3.97. The number of anilines is 1. The summed E-state index contributed by atoms with van der Waals surface area (Å²) in [4.78, 5) is 11.7. The van der Waals surface area contributed by atoms with Gasteiger partial charge in [0.2, 0.25) is 5.91 Å². The van der Waals surface area contributed by atoms with E-state index in [4.69, 9.17) is 5.73 Å². The lowest BCUT2D eigenvalue weighted by molar-refractivity contribution is -0.116. The van der Waals surface area contributed by atoms with Crippen LogP contribution in [-0.4, -0.2) is 27.4 Å². The molecular weight excluding hydrogens is 249 g/mol. The SMILES string of the molecule is NCCc1cn(CC(=O)Nc2ccccc2F)nn1. The number of benzene rings is 1. The standard InChI is InChI=1S/C12H14FN5O/c13-10-3-1-2-4-11(10)15-12(19)8-18-7-9(5-6-14)16-17-18/h1-4,7H,5-6,8,14H2,(H,15,19). The summed E-state index contributed by atoms with van der Waals surface area (Å²) in [5.74, 6) is -0.840. The number of amides is 1. The first-order chi connectivity index (χ1) is 9.19. The normalized spacial score (nSPS) is 10.4. The van der Waals surface area contributed by atoms with Crippen molar-refractivity contribution in [3.05, 3.63) is 42.0 Å². The predicted molar refractivity (Wildman–Crippen MR) is 67.8 cm³/mol. The maximum absolute atomic E-state index is 13.3. The second kappa shape index (κ2) is 6.05. The minimum absolute atomic E-state index is 0.0219. The molecule has 0 saturated carbocycles. The van der Waals surface area contributed by atoms with E-state index in [9.17, 15) is 9.18 Å². The fourth-order valence-electron chi connectivity index (χ4n) is 1.58. The fraction of sp³-hybridized carbons (Fsp3) is 0.250. The average molecular weight is 263 g/mol.